The summed E-state index contributed by atoms with van der Waals surface area (Å²) in [6, 6.07) is 3.59. The second-order valence-electron chi connectivity index (χ2n) is 4.72. The van der Waals surface area contributed by atoms with Crippen LogP contribution in [-0.2, 0) is 11.2 Å². The molecule has 2 aromatic rings. The van der Waals surface area contributed by atoms with Crippen LogP contribution in [0, 0.1) is 5.82 Å². The highest BCUT2D eigenvalue weighted by Crippen LogP contribution is 2.25. The first-order valence-electron chi connectivity index (χ1n) is 5.96. The summed E-state index contributed by atoms with van der Waals surface area (Å²) in [7, 11) is 0. The van der Waals surface area contributed by atoms with Gasteiger partial charge < -0.3 is 4.57 Å². The van der Waals surface area contributed by atoms with Crippen LogP contribution in [0.4, 0.5) is 17.6 Å². The molecule has 0 saturated heterocycles. The molecule has 0 N–H and O–H groups in total. The summed E-state index contributed by atoms with van der Waals surface area (Å²) in [4.78, 5) is 15.1. The summed E-state index contributed by atoms with van der Waals surface area (Å²) in [5, 5.41) is 0. The third-order valence-corrected chi connectivity index (χ3v) is 2.88. The highest BCUT2D eigenvalue weighted by Gasteiger charge is 2.39. The van der Waals surface area contributed by atoms with Gasteiger partial charge in [0.05, 0.1) is 17.5 Å². The smallest absolute Gasteiger partial charge is 0.325 e. The summed E-state index contributed by atoms with van der Waals surface area (Å²) in [6.45, 7) is 3.51. The molecule has 1 aromatic heterocycles. The van der Waals surface area contributed by atoms with Crippen LogP contribution in [0.3, 0.4) is 0 Å². The predicted octanol–water partition coefficient (Wildman–Crippen LogP) is 3.43. The minimum atomic E-state index is -4.90. The van der Waals surface area contributed by atoms with E-state index in [1.807, 2.05) is 0 Å². The van der Waals surface area contributed by atoms with Crippen LogP contribution < -0.4 is 0 Å². The minimum Gasteiger partial charge on any atom is -0.325 e. The Morgan fingerprint density at radius 3 is 2.55 bits per heavy atom. The number of ketones is 1. The maximum absolute atomic E-state index is 13.1. The standard InChI is InChI=1S/C13H12F4N2O/c1-7(2)19-10-4-3-8(14)5-9(10)18-12(19)6-11(20)13(15,16)17/h3-5,7H,6H2,1-2H3. The zero-order valence-electron chi connectivity index (χ0n) is 10.8. The molecule has 0 spiro atoms. The van der Waals surface area contributed by atoms with Crippen LogP contribution in [-0.4, -0.2) is 21.5 Å². The fraction of sp³-hybridized carbons (Fsp3) is 0.385. The topological polar surface area (TPSA) is 34.9 Å². The molecule has 0 unspecified atom stereocenters. The molecule has 108 valence electrons. The predicted molar refractivity (Wildman–Crippen MR) is 64.8 cm³/mol. The molecule has 0 atom stereocenters. The van der Waals surface area contributed by atoms with E-state index in [-0.39, 0.29) is 17.4 Å². The summed E-state index contributed by atoms with van der Waals surface area (Å²) in [5.74, 6) is -2.40. The molecule has 0 radical (unpaired) electrons. The second kappa shape index (κ2) is 4.88. The number of carbonyl (C=O) groups is 1. The van der Waals surface area contributed by atoms with E-state index in [0.29, 0.717) is 5.52 Å². The van der Waals surface area contributed by atoms with Crippen molar-refractivity contribution in [1.29, 1.82) is 0 Å². The fourth-order valence-electron chi connectivity index (χ4n) is 2.07. The number of nitrogens with zero attached hydrogens (tertiary/aromatic N) is 2. The average Bonchev–Trinajstić information content (AvgIpc) is 2.64. The van der Waals surface area contributed by atoms with Gasteiger partial charge in [0.15, 0.2) is 0 Å². The van der Waals surface area contributed by atoms with Crippen molar-refractivity contribution >= 4 is 16.8 Å². The molecule has 0 saturated carbocycles. The van der Waals surface area contributed by atoms with Crippen LogP contribution in [0.1, 0.15) is 25.7 Å². The van der Waals surface area contributed by atoms with Crippen LogP contribution in [0.5, 0.6) is 0 Å². The maximum Gasteiger partial charge on any atom is 0.450 e. The number of hydrogen-bond acceptors (Lipinski definition) is 2. The van der Waals surface area contributed by atoms with Crippen molar-refractivity contribution in [1.82, 2.24) is 9.55 Å². The molecule has 0 amide bonds. The van der Waals surface area contributed by atoms with Gasteiger partial charge in [-0.25, -0.2) is 9.37 Å². The quantitative estimate of drug-likeness (QED) is 0.811. The number of hydrogen-bond donors (Lipinski definition) is 0. The number of rotatable bonds is 3. The van der Waals surface area contributed by atoms with Gasteiger partial charge in [0, 0.05) is 12.1 Å². The zero-order valence-corrected chi connectivity index (χ0v) is 10.8. The molecule has 20 heavy (non-hydrogen) atoms. The van der Waals surface area contributed by atoms with Crippen molar-refractivity contribution in [3.05, 3.63) is 29.8 Å². The lowest BCUT2D eigenvalue weighted by Gasteiger charge is -2.13. The fourth-order valence-corrected chi connectivity index (χ4v) is 2.07. The van der Waals surface area contributed by atoms with Crippen molar-refractivity contribution in [2.45, 2.75) is 32.5 Å². The van der Waals surface area contributed by atoms with E-state index in [1.165, 1.54) is 16.7 Å². The Morgan fingerprint density at radius 1 is 1.35 bits per heavy atom. The van der Waals surface area contributed by atoms with E-state index >= 15 is 0 Å². The Kier molecular flexibility index (Phi) is 3.54. The van der Waals surface area contributed by atoms with Gasteiger partial charge >= 0.3 is 6.18 Å². The van der Waals surface area contributed by atoms with Crippen LogP contribution in [0.2, 0.25) is 0 Å². The van der Waals surface area contributed by atoms with Crippen LogP contribution >= 0.6 is 0 Å². The molecular formula is C13H12F4N2O. The van der Waals surface area contributed by atoms with E-state index in [2.05, 4.69) is 4.98 Å². The Labute approximate surface area is 112 Å². The number of alkyl halides is 3. The molecule has 0 bridgehead atoms. The van der Waals surface area contributed by atoms with Crippen LogP contribution in [0.15, 0.2) is 18.2 Å². The van der Waals surface area contributed by atoms with E-state index in [0.717, 1.165) is 6.07 Å². The van der Waals surface area contributed by atoms with Crippen molar-refractivity contribution in [3.8, 4) is 0 Å². The van der Waals surface area contributed by atoms with Gasteiger partial charge in [-0.3, -0.25) is 4.79 Å². The Balaban J connectivity index is 2.52. The van der Waals surface area contributed by atoms with Gasteiger partial charge in [-0.1, -0.05) is 0 Å². The first-order chi connectivity index (χ1) is 9.20. The zero-order chi connectivity index (χ0) is 15.1. The largest absolute Gasteiger partial charge is 0.450 e. The summed E-state index contributed by atoms with van der Waals surface area (Å²) in [6.07, 6.45) is -5.75. The minimum absolute atomic E-state index is 0.0112. The Hall–Kier alpha value is -1.92. The second-order valence-corrected chi connectivity index (χ2v) is 4.72. The molecular weight excluding hydrogens is 276 g/mol. The summed E-state index contributed by atoms with van der Waals surface area (Å²) >= 11 is 0. The number of benzene rings is 1. The van der Waals surface area contributed by atoms with E-state index in [9.17, 15) is 22.4 Å². The molecule has 1 heterocycles. The number of fused-ring (bicyclic) bond motifs is 1. The van der Waals surface area contributed by atoms with Gasteiger partial charge in [0.1, 0.15) is 11.6 Å². The molecule has 0 fully saturated rings. The van der Waals surface area contributed by atoms with Crippen molar-refractivity contribution in [2.24, 2.45) is 0 Å². The van der Waals surface area contributed by atoms with Crippen LogP contribution in [0.25, 0.3) is 11.0 Å². The third-order valence-electron chi connectivity index (χ3n) is 2.88. The molecule has 0 aliphatic heterocycles. The number of Topliss-reactive ketones (excluding diaryl/α,β-unsaturated/α-hetero) is 1. The lowest BCUT2D eigenvalue weighted by molar-refractivity contribution is -0.170. The van der Waals surface area contributed by atoms with Gasteiger partial charge in [-0.15, -0.1) is 0 Å². The van der Waals surface area contributed by atoms with E-state index in [4.69, 9.17) is 0 Å². The highest BCUT2D eigenvalue weighted by atomic mass is 19.4. The SMILES string of the molecule is CC(C)n1c(CC(=O)C(F)(F)F)nc2cc(F)ccc21. The average molecular weight is 288 g/mol. The number of imidazole rings is 1. The van der Waals surface area contributed by atoms with E-state index < -0.39 is 24.2 Å². The first kappa shape index (κ1) is 14.5. The Bertz CT molecular complexity index is 658. The molecule has 0 aliphatic rings. The number of carbonyl (C=O) groups excluding carboxylic acids is 1. The first-order valence-corrected chi connectivity index (χ1v) is 5.96. The van der Waals surface area contributed by atoms with Gasteiger partial charge in [-0.2, -0.15) is 13.2 Å². The molecule has 2 rings (SSSR count). The molecule has 7 heteroatoms. The normalized spacial score (nSPS) is 12.3. The Morgan fingerprint density at radius 2 is 2.00 bits per heavy atom. The summed E-state index contributed by atoms with van der Waals surface area (Å²) in [5.41, 5.74) is 0.745. The van der Waals surface area contributed by atoms with E-state index in [1.54, 1.807) is 13.8 Å². The third kappa shape index (κ3) is 2.66. The van der Waals surface area contributed by atoms with Crippen molar-refractivity contribution in [2.75, 3.05) is 0 Å². The lowest BCUT2D eigenvalue weighted by atomic mass is 10.2. The van der Waals surface area contributed by atoms with Gasteiger partial charge in [0.2, 0.25) is 5.78 Å². The lowest BCUT2D eigenvalue weighted by Crippen LogP contribution is -2.26. The highest BCUT2D eigenvalue weighted by molar-refractivity contribution is 5.86. The number of aromatic nitrogens is 2. The van der Waals surface area contributed by atoms with Crippen molar-refractivity contribution in [3.63, 3.8) is 0 Å². The molecule has 1 aromatic carbocycles. The van der Waals surface area contributed by atoms with Crippen molar-refractivity contribution < 1.29 is 22.4 Å². The number of halogens is 4. The molecule has 3 nitrogen and oxygen atoms in total. The maximum atomic E-state index is 13.1. The molecule has 0 aliphatic carbocycles. The summed E-state index contributed by atoms with van der Waals surface area (Å²) < 4.78 is 51.7. The van der Waals surface area contributed by atoms with Gasteiger partial charge in [0.25, 0.3) is 0 Å². The monoisotopic (exact) mass is 288 g/mol. The van der Waals surface area contributed by atoms with Gasteiger partial charge in [-0.05, 0) is 26.0 Å².